The van der Waals surface area contributed by atoms with E-state index < -0.39 is 35.2 Å². The number of aromatic nitrogens is 1. The SMILES string of the molecule is COc1c(C(=O)N2CCCC2c2nc(C(=O)Nc3ccc(C4C(=O)N(C)CCN4C)cc3)cs2)ccc(F)c1F. The molecule has 3 aromatic rings. The summed E-state index contributed by atoms with van der Waals surface area (Å²) in [6.45, 7) is 1.87. The molecule has 5 rings (SSSR count). The second-order valence-electron chi connectivity index (χ2n) is 9.89. The Morgan fingerprint density at radius 1 is 1.07 bits per heavy atom. The predicted octanol–water partition coefficient (Wildman–Crippen LogP) is 4.10. The van der Waals surface area contributed by atoms with E-state index in [0.29, 0.717) is 36.6 Å². The lowest BCUT2D eigenvalue weighted by Gasteiger charge is -2.37. The largest absolute Gasteiger partial charge is 0.493 e. The Balaban J connectivity index is 1.28. The van der Waals surface area contributed by atoms with Crippen LogP contribution in [0.1, 0.15) is 56.3 Å². The fraction of sp³-hybridized carbons (Fsp3) is 0.357. The van der Waals surface area contributed by atoms with Crippen LogP contribution >= 0.6 is 11.3 Å². The van der Waals surface area contributed by atoms with E-state index in [4.69, 9.17) is 4.74 Å². The van der Waals surface area contributed by atoms with Crippen molar-refractivity contribution in [2.24, 2.45) is 0 Å². The molecule has 2 saturated heterocycles. The summed E-state index contributed by atoms with van der Waals surface area (Å²) in [5.41, 5.74) is 1.54. The number of hydrogen-bond donors (Lipinski definition) is 1. The van der Waals surface area contributed by atoms with Gasteiger partial charge in [0.2, 0.25) is 11.7 Å². The van der Waals surface area contributed by atoms with Crippen LogP contribution in [-0.2, 0) is 4.79 Å². The van der Waals surface area contributed by atoms with Crippen LogP contribution in [0.25, 0.3) is 0 Å². The summed E-state index contributed by atoms with van der Waals surface area (Å²) < 4.78 is 32.9. The van der Waals surface area contributed by atoms with Crippen molar-refractivity contribution in [3.05, 3.63) is 75.2 Å². The normalized spacial score (nSPS) is 19.7. The minimum atomic E-state index is -1.21. The average Bonchev–Trinajstić information content (AvgIpc) is 3.63. The third-order valence-electron chi connectivity index (χ3n) is 7.36. The summed E-state index contributed by atoms with van der Waals surface area (Å²) in [7, 11) is 4.89. The number of amides is 3. The number of thiazole rings is 1. The number of carbonyl (C=O) groups excluding carboxylic acids is 3. The standard InChI is InChI=1S/C28H29F2N5O4S/c1-33-13-14-34(2)28(38)23(33)16-6-8-17(9-7-16)31-25(36)20-15-40-26(32-20)21-5-4-12-35(21)27(37)18-10-11-19(29)22(30)24(18)39-3/h6-11,15,21,23H,4-5,12-14H2,1-3H3,(H,31,36). The molecule has 40 heavy (non-hydrogen) atoms. The highest BCUT2D eigenvalue weighted by molar-refractivity contribution is 7.10. The number of ether oxygens (including phenoxy) is 1. The molecular formula is C28H29F2N5O4S. The van der Waals surface area contributed by atoms with Crippen molar-refractivity contribution >= 4 is 34.7 Å². The molecule has 0 spiro atoms. The third kappa shape index (κ3) is 5.16. The first-order chi connectivity index (χ1) is 19.2. The summed E-state index contributed by atoms with van der Waals surface area (Å²) in [6, 6.07) is 8.50. The third-order valence-corrected chi connectivity index (χ3v) is 8.31. The van der Waals surface area contributed by atoms with Gasteiger partial charge < -0.3 is 19.9 Å². The van der Waals surface area contributed by atoms with Crippen LogP contribution < -0.4 is 10.1 Å². The molecule has 210 valence electrons. The number of carbonyl (C=O) groups is 3. The number of nitrogens with zero attached hydrogens (tertiary/aromatic N) is 4. The molecule has 2 atom stereocenters. The van der Waals surface area contributed by atoms with Gasteiger partial charge in [0.15, 0.2) is 11.6 Å². The van der Waals surface area contributed by atoms with Crippen molar-refractivity contribution < 1.29 is 27.9 Å². The van der Waals surface area contributed by atoms with E-state index in [-0.39, 0.29) is 23.2 Å². The number of anilines is 1. The fourth-order valence-electron chi connectivity index (χ4n) is 5.15. The summed E-state index contributed by atoms with van der Waals surface area (Å²) in [5, 5.41) is 5.04. The zero-order valence-corrected chi connectivity index (χ0v) is 23.1. The highest BCUT2D eigenvalue weighted by Crippen LogP contribution is 2.37. The smallest absolute Gasteiger partial charge is 0.275 e. The lowest BCUT2D eigenvalue weighted by Crippen LogP contribution is -2.48. The zero-order valence-electron chi connectivity index (χ0n) is 22.3. The summed E-state index contributed by atoms with van der Waals surface area (Å²) >= 11 is 1.26. The second-order valence-corrected chi connectivity index (χ2v) is 10.8. The summed E-state index contributed by atoms with van der Waals surface area (Å²) in [4.78, 5) is 48.7. The average molecular weight is 570 g/mol. The maximum Gasteiger partial charge on any atom is 0.275 e. The number of likely N-dealkylation sites (tertiary alicyclic amines) is 1. The number of halogens is 2. The molecule has 0 bridgehead atoms. The number of likely N-dealkylation sites (N-methyl/N-ethyl adjacent to an activating group) is 2. The minimum Gasteiger partial charge on any atom is -0.493 e. The molecule has 2 unspecified atom stereocenters. The van der Waals surface area contributed by atoms with Gasteiger partial charge in [0.1, 0.15) is 16.7 Å². The van der Waals surface area contributed by atoms with E-state index in [1.165, 1.54) is 24.5 Å². The number of piperazine rings is 1. The van der Waals surface area contributed by atoms with Gasteiger partial charge in [-0.2, -0.15) is 4.39 Å². The Labute approximate surface area is 234 Å². The van der Waals surface area contributed by atoms with Crippen LogP contribution in [0.2, 0.25) is 0 Å². The molecular weight excluding hydrogens is 540 g/mol. The van der Waals surface area contributed by atoms with Crippen LogP contribution in [0.3, 0.4) is 0 Å². The molecule has 12 heteroatoms. The number of methoxy groups -OCH3 is 1. The molecule has 2 aliphatic heterocycles. The molecule has 2 aromatic carbocycles. The first-order valence-corrected chi connectivity index (χ1v) is 13.7. The van der Waals surface area contributed by atoms with E-state index in [0.717, 1.165) is 18.2 Å². The van der Waals surface area contributed by atoms with Gasteiger partial charge in [0.25, 0.3) is 11.8 Å². The molecule has 9 nitrogen and oxygen atoms in total. The van der Waals surface area contributed by atoms with Gasteiger partial charge in [0, 0.05) is 37.7 Å². The number of benzene rings is 2. The van der Waals surface area contributed by atoms with E-state index >= 15 is 0 Å². The maximum absolute atomic E-state index is 14.2. The molecule has 1 N–H and O–H groups in total. The van der Waals surface area contributed by atoms with Crippen molar-refractivity contribution in [1.82, 2.24) is 19.7 Å². The van der Waals surface area contributed by atoms with Crippen molar-refractivity contribution in [3.8, 4) is 5.75 Å². The Bertz CT molecular complexity index is 1450. The van der Waals surface area contributed by atoms with Crippen molar-refractivity contribution in [2.45, 2.75) is 24.9 Å². The van der Waals surface area contributed by atoms with Gasteiger partial charge in [-0.1, -0.05) is 12.1 Å². The zero-order chi connectivity index (χ0) is 28.6. The Kier molecular flexibility index (Phi) is 7.81. The van der Waals surface area contributed by atoms with Gasteiger partial charge in [0.05, 0.1) is 18.7 Å². The second kappa shape index (κ2) is 11.3. The molecule has 2 fully saturated rings. The van der Waals surface area contributed by atoms with Crippen LogP contribution in [-0.4, -0.2) is 78.2 Å². The van der Waals surface area contributed by atoms with Crippen molar-refractivity contribution in [3.63, 3.8) is 0 Å². The molecule has 0 saturated carbocycles. The number of nitrogens with one attached hydrogen (secondary N) is 1. The van der Waals surface area contributed by atoms with Crippen molar-refractivity contribution in [2.75, 3.05) is 46.2 Å². The Morgan fingerprint density at radius 2 is 1.82 bits per heavy atom. The number of hydrogen-bond acceptors (Lipinski definition) is 7. The summed E-state index contributed by atoms with van der Waals surface area (Å²) in [6.07, 6.45) is 1.32. The summed E-state index contributed by atoms with van der Waals surface area (Å²) in [5.74, 6) is -3.61. The van der Waals surface area contributed by atoms with Crippen molar-refractivity contribution in [1.29, 1.82) is 0 Å². The van der Waals surface area contributed by atoms with Gasteiger partial charge in [-0.05, 0) is 49.7 Å². The van der Waals surface area contributed by atoms with Crippen LogP contribution in [0, 0.1) is 11.6 Å². The Morgan fingerprint density at radius 3 is 2.55 bits per heavy atom. The van der Waals surface area contributed by atoms with E-state index in [1.807, 2.05) is 24.1 Å². The molecule has 3 heterocycles. The molecule has 1 aromatic heterocycles. The lowest BCUT2D eigenvalue weighted by atomic mass is 10.0. The molecule has 0 radical (unpaired) electrons. The first kappa shape index (κ1) is 27.7. The van der Waals surface area contributed by atoms with Crippen LogP contribution in [0.4, 0.5) is 14.5 Å². The molecule has 0 aliphatic carbocycles. The van der Waals surface area contributed by atoms with Crippen LogP contribution in [0.15, 0.2) is 41.8 Å². The van der Waals surface area contributed by atoms with Gasteiger partial charge >= 0.3 is 0 Å². The minimum absolute atomic E-state index is 0.0305. The molecule has 3 amide bonds. The number of rotatable bonds is 6. The van der Waals surface area contributed by atoms with E-state index in [9.17, 15) is 23.2 Å². The highest BCUT2D eigenvalue weighted by atomic mass is 32.1. The van der Waals surface area contributed by atoms with Gasteiger partial charge in [-0.15, -0.1) is 11.3 Å². The first-order valence-electron chi connectivity index (χ1n) is 12.8. The quantitative estimate of drug-likeness (QED) is 0.480. The lowest BCUT2D eigenvalue weighted by molar-refractivity contribution is -0.139. The van der Waals surface area contributed by atoms with E-state index in [2.05, 4.69) is 10.3 Å². The maximum atomic E-state index is 14.2. The van der Waals surface area contributed by atoms with Gasteiger partial charge in [-0.25, -0.2) is 9.37 Å². The van der Waals surface area contributed by atoms with Crippen LogP contribution in [0.5, 0.6) is 5.75 Å². The fourth-order valence-corrected chi connectivity index (χ4v) is 6.10. The predicted molar refractivity (Wildman–Crippen MR) is 145 cm³/mol. The topological polar surface area (TPSA) is 95.1 Å². The Hall–Kier alpha value is -3.90. The molecule has 2 aliphatic rings. The van der Waals surface area contributed by atoms with Gasteiger partial charge in [-0.3, -0.25) is 19.3 Å². The van der Waals surface area contributed by atoms with E-state index in [1.54, 1.807) is 34.4 Å². The monoisotopic (exact) mass is 569 g/mol. The highest BCUT2D eigenvalue weighted by Gasteiger charge is 2.35.